The zero-order valence-corrected chi connectivity index (χ0v) is 11.1. The van der Waals surface area contributed by atoms with Crippen LogP contribution in [-0.2, 0) is 0 Å². The van der Waals surface area contributed by atoms with Crippen molar-refractivity contribution in [3.8, 4) is 0 Å². The topological polar surface area (TPSA) is 29.3 Å². The van der Waals surface area contributed by atoms with Crippen LogP contribution >= 0.6 is 0 Å². The predicted molar refractivity (Wildman–Crippen MR) is 69.3 cm³/mol. The highest BCUT2D eigenvalue weighted by Gasteiger charge is 2.46. The fourth-order valence-electron chi connectivity index (χ4n) is 3.42. The zero-order chi connectivity index (χ0) is 12.0. The molecule has 1 saturated carbocycles. The molecule has 2 N–H and O–H groups in total. The van der Waals surface area contributed by atoms with Gasteiger partial charge in [0, 0.05) is 17.0 Å². The summed E-state index contributed by atoms with van der Waals surface area (Å²) < 4.78 is 0. The molecule has 92 valence electrons. The molecule has 1 aliphatic carbocycles. The molecule has 1 atom stereocenters. The van der Waals surface area contributed by atoms with Crippen LogP contribution in [0.5, 0.6) is 0 Å². The van der Waals surface area contributed by atoms with Crippen LogP contribution in [0.1, 0.15) is 46.5 Å². The Balaban J connectivity index is 2.07. The maximum atomic E-state index is 6.31. The van der Waals surface area contributed by atoms with Gasteiger partial charge in [-0.05, 0) is 59.5 Å². The Morgan fingerprint density at radius 3 is 2.25 bits per heavy atom. The van der Waals surface area contributed by atoms with E-state index in [9.17, 15) is 0 Å². The molecule has 16 heavy (non-hydrogen) atoms. The third-order valence-electron chi connectivity index (χ3n) is 4.78. The maximum absolute atomic E-state index is 6.31. The molecule has 2 heteroatoms. The Labute approximate surface area is 99.9 Å². The Hall–Kier alpha value is -0.340. The summed E-state index contributed by atoms with van der Waals surface area (Å²) in [5.41, 5.74) is 8.31. The fourth-order valence-corrected chi connectivity index (χ4v) is 3.42. The van der Waals surface area contributed by atoms with Crippen molar-refractivity contribution >= 4 is 0 Å². The summed E-state index contributed by atoms with van der Waals surface area (Å²) in [6.07, 6.45) is 4.72. The van der Waals surface area contributed by atoms with Crippen molar-refractivity contribution in [2.75, 3.05) is 13.1 Å². The molecular weight excluding hydrogens is 196 g/mol. The van der Waals surface area contributed by atoms with Crippen LogP contribution < -0.4 is 5.73 Å². The zero-order valence-electron chi connectivity index (χ0n) is 11.1. The highest BCUT2D eigenvalue weighted by atomic mass is 15.2. The molecule has 0 bridgehead atoms. The first kappa shape index (κ1) is 12.1. The molecule has 0 aromatic carbocycles. The van der Waals surface area contributed by atoms with Crippen LogP contribution in [-0.4, -0.2) is 29.6 Å². The second-order valence-electron chi connectivity index (χ2n) is 6.56. The summed E-state index contributed by atoms with van der Waals surface area (Å²) in [7, 11) is 0. The first-order valence-electron chi connectivity index (χ1n) is 6.55. The lowest BCUT2D eigenvalue weighted by Gasteiger charge is -2.47. The van der Waals surface area contributed by atoms with Crippen molar-refractivity contribution in [2.45, 2.75) is 58.0 Å². The van der Waals surface area contributed by atoms with E-state index in [2.05, 4.69) is 32.3 Å². The quantitative estimate of drug-likeness (QED) is 0.638. The monoisotopic (exact) mass is 222 g/mol. The molecule has 2 aliphatic rings. The Bertz CT molecular complexity index is 280. The Morgan fingerprint density at radius 1 is 1.31 bits per heavy atom. The van der Waals surface area contributed by atoms with Crippen molar-refractivity contribution in [3.63, 3.8) is 0 Å². The number of piperidine rings is 1. The minimum absolute atomic E-state index is 0.280. The number of nitrogens with two attached hydrogens (primary N) is 1. The van der Waals surface area contributed by atoms with Gasteiger partial charge in [0.1, 0.15) is 0 Å². The van der Waals surface area contributed by atoms with Gasteiger partial charge in [-0.25, -0.2) is 0 Å². The third-order valence-corrected chi connectivity index (χ3v) is 4.78. The minimum Gasteiger partial charge on any atom is -0.327 e. The molecule has 0 unspecified atom stereocenters. The van der Waals surface area contributed by atoms with E-state index in [-0.39, 0.29) is 5.41 Å². The van der Waals surface area contributed by atoms with Crippen molar-refractivity contribution in [3.05, 3.63) is 12.2 Å². The summed E-state index contributed by atoms with van der Waals surface area (Å²) in [6.45, 7) is 13.5. The lowest BCUT2D eigenvalue weighted by molar-refractivity contribution is 0.0544. The molecular formula is C14H26N2. The molecule has 2 rings (SSSR count). The van der Waals surface area contributed by atoms with Crippen LogP contribution in [0.15, 0.2) is 12.2 Å². The highest BCUT2D eigenvalue weighted by Crippen LogP contribution is 2.49. The molecule has 0 aromatic rings. The molecule has 0 aromatic heterocycles. The Kier molecular flexibility index (Phi) is 2.92. The van der Waals surface area contributed by atoms with Crippen LogP contribution in [0, 0.1) is 5.41 Å². The van der Waals surface area contributed by atoms with Gasteiger partial charge in [0.25, 0.3) is 0 Å². The molecule has 1 aliphatic heterocycles. The lowest BCUT2D eigenvalue weighted by atomic mass is 9.71. The third kappa shape index (κ3) is 1.82. The van der Waals surface area contributed by atoms with Crippen LogP contribution in [0.2, 0.25) is 0 Å². The van der Waals surface area contributed by atoms with E-state index >= 15 is 0 Å². The van der Waals surface area contributed by atoms with E-state index in [1.54, 1.807) is 0 Å². The van der Waals surface area contributed by atoms with E-state index in [0.29, 0.717) is 11.6 Å². The standard InChI is InChI=1S/C14H26N2/c1-11-5-6-12(15)14(11)7-9-16(10-8-14)13(2,3)4/h12H,1,5-10,15H2,2-4H3/t12-/m1/s1. The van der Waals surface area contributed by atoms with E-state index in [1.165, 1.54) is 31.5 Å². The van der Waals surface area contributed by atoms with Gasteiger partial charge in [-0.1, -0.05) is 12.2 Å². The Morgan fingerprint density at radius 2 is 1.88 bits per heavy atom. The molecule has 1 spiro atoms. The summed E-state index contributed by atoms with van der Waals surface area (Å²) in [6, 6.07) is 0.363. The number of hydrogen-bond acceptors (Lipinski definition) is 2. The number of likely N-dealkylation sites (tertiary alicyclic amines) is 1. The molecule has 0 amide bonds. The summed E-state index contributed by atoms with van der Waals surface area (Å²) in [4.78, 5) is 2.58. The highest BCUT2D eigenvalue weighted by molar-refractivity contribution is 5.22. The maximum Gasteiger partial charge on any atom is 0.0137 e. The average molecular weight is 222 g/mol. The first-order valence-corrected chi connectivity index (χ1v) is 6.55. The van der Waals surface area contributed by atoms with E-state index in [1.807, 2.05) is 0 Å². The van der Waals surface area contributed by atoms with Crippen molar-refractivity contribution < 1.29 is 0 Å². The van der Waals surface area contributed by atoms with Crippen molar-refractivity contribution in [2.24, 2.45) is 11.1 Å². The lowest BCUT2D eigenvalue weighted by Crippen LogP contribution is -2.52. The molecule has 0 radical (unpaired) electrons. The van der Waals surface area contributed by atoms with Crippen LogP contribution in [0.4, 0.5) is 0 Å². The normalized spacial score (nSPS) is 31.2. The number of rotatable bonds is 0. The molecule has 1 saturated heterocycles. The van der Waals surface area contributed by atoms with Gasteiger partial charge in [0.05, 0.1) is 0 Å². The van der Waals surface area contributed by atoms with E-state index in [4.69, 9.17) is 5.73 Å². The van der Waals surface area contributed by atoms with Gasteiger partial charge in [0.2, 0.25) is 0 Å². The van der Waals surface area contributed by atoms with Gasteiger partial charge < -0.3 is 5.73 Å². The van der Waals surface area contributed by atoms with Crippen LogP contribution in [0.25, 0.3) is 0 Å². The average Bonchev–Trinajstić information content (AvgIpc) is 2.47. The molecule has 2 nitrogen and oxygen atoms in total. The number of hydrogen-bond donors (Lipinski definition) is 1. The SMILES string of the molecule is C=C1CC[C@@H](N)C12CCN(C(C)(C)C)CC2. The van der Waals surface area contributed by atoms with Crippen LogP contribution in [0.3, 0.4) is 0 Å². The number of nitrogens with zero attached hydrogens (tertiary/aromatic N) is 1. The first-order chi connectivity index (χ1) is 7.36. The van der Waals surface area contributed by atoms with Gasteiger partial charge in [0.15, 0.2) is 0 Å². The van der Waals surface area contributed by atoms with Crippen molar-refractivity contribution in [1.82, 2.24) is 4.90 Å². The van der Waals surface area contributed by atoms with E-state index in [0.717, 1.165) is 12.8 Å². The second-order valence-corrected chi connectivity index (χ2v) is 6.56. The van der Waals surface area contributed by atoms with Gasteiger partial charge in [-0.3, -0.25) is 4.90 Å². The van der Waals surface area contributed by atoms with Gasteiger partial charge in [-0.15, -0.1) is 0 Å². The largest absolute Gasteiger partial charge is 0.327 e. The smallest absolute Gasteiger partial charge is 0.0137 e. The summed E-state index contributed by atoms with van der Waals surface area (Å²) in [5.74, 6) is 0. The minimum atomic E-state index is 0.280. The second kappa shape index (κ2) is 3.85. The fraction of sp³-hybridized carbons (Fsp3) is 0.857. The summed E-state index contributed by atoms with van der Waals surface area (Å²) in [5, 5.41) is 0. The van der Waals surface area contributed by atoms with E-state index < -0.39 is 0 Å². The molecule has 1 heterocycles. The predicted octanol–water partition coefficient (Wildman–Crippen LogP) is 2.54. The summed E-state index contributed by atoms with van der Waals surface area (Å²) >= 11 is 0. The van der Waals surface area contributed by atoms with Gasteiger partial charge >= 0.3 is 0 Å². The molecule has 2 fully saturated rings. The van der Waals surface area contributed by atoms with Gasteiger partial charge in [-0.2, -0.15) is 0 Å². The van der Waals surface area contributed by atoms with Crippen molar-refractivity contribution in [1.29, 1.82) is 0 Å².